The lowest BCUT2D eigenvalue weighted by molar-refractivity contribution is -0.116. The van der Waals surface area contributed by atoms with Gasteiger partial charge in [-0.15, -0.1) is 11.3 Å². The SMILES string of the molecule is CCN(Cc1ccc(OC)cc1)Cc1csc(N(CC)C(C)=O)n1. The fourth-order valence-corrected chi connectivity index (χ4v) is 3.41. The molecule has 0 aliphatic carbocycles. The summed E-state index contributed by atoms with van der Waals surface area (Å²) in [5.74, 6) is 0.902. The maximum absolute atomic E-state index is 11.6. The van der Waals surface area contributed by atoms with Crippen LogP contribution in [0.3, 0.4) is 0 Å². The third-order valence-corrected chi connectivity index (χ3v) is 4.78. The molecule has 0 aliphatic rings. The average Bonchev–Trinajstić information content (AvgIpc) is 3.03. The van der Waals surface area contributed by atoms with Crippen LogP contribution in [0.4, 0.5) is 5.13 Å². The molecule has 24 heavy (non-hydrogen) atoms. The van der Waals surface area contributed by atoms with Crippen molar-refractivity contribution in [2.24, 2.45) is 0 Å². The van der Waals surface area contributed by atoms with Crippen LogP contribution in [0.2, 0.25) is 0 Å². The first kappa shape index (κ1) is 18.4. The van der Waals surface area contributed by atoms with Gasteiger partial charge in [0.25, 0.3) is 0 Å². The molecule has 2 aromatic rings. The Labute approximate surface area is 147 Å². The second-order valence-corrected chi connectivity index (χ2v) is 6.37. The summed E-state index contributed by atoms with van der Waals surface area (Å²) in [7, 11) is 1.67. The van der Waals surface area contributed by atoms with Gasteiger partial charge in [-0.05, 0) is 31.2 Å². The van der Waals surface area contributed by atoms with Crippen molar-refractivity contribution in [3.05, 3.63) is 40.9 Å². The second kappa shape index (κ2) is 8.80. The number of hydrogen-bond donors (Lipinski definition) is 0. The number of methoxy groups -OCH3 is 1. The lowest BCUT2D eigenvalue weighted by Crippen LogP contribution is -2.28. The molecule has 5 nitrogen and oxygen atoms in total. The Balaban J connectivity index is 2.02. The molecule has 0 aliphatic heterocycles. The highest BCUT2D eigenvalue weighted by atomic mass is 32.1. The Hall–Kier alpha value is -1.92. The van der Waals surface area contributed by atoms with Crippen molar-refractivity contribution in [3.8, 4) is 5.75 Å². The number of rotatable bonds is 8. The lowest BCUT2D eigenvalue weighted by atomic mass is 10.2. The first-order valence-electron chi connectivity index (χ1n) is 8.15. The number of carbonyl (C=O) groups is 1. The Kier molecular flexibility index (Phi) is 6.75. The molecule has 0 saturated carbocycles. The smallest absolute Gasteiger partial charge is 0.225 e. The molecule has 0 saturated heterocycles. The first-order valence-corrected chi connectivity index (χ1v) is 9.03. The molecule has 0 bridgehead atoms. The molecule has 130 valence electrons. The van der Waals surface area contributed by atoms with Crippen molar-refractivity contribution in [2.45, 2.75) is 33.9 Å². The van der Waals surface area contributed by atoms with E-state index in [9.17, 15) is 4.79 Å². The molecule has 6 heteroatoms. The summed E-state index contributed by atoms with van der Waals surface area (Å²) >= 11 is 1.53. The summed E-state index contributed by atoms with van der Waals surface area (Å²) < 4.78 is 5.20. The number of anilines is 1. The molecule has 1 aromatic carbocycles. The van der Waals surface area contributed by atoms with Crippen LogP contribution in [0.5, 0.6) is 5.75 Å². The number of ether oxygens (including phenoxy) is 1. The minimum Gasteiger partial charge on any atom is -0.497 e. The molecule has 1 amide bonds. The van der Waals surface area contributed by atoms with Gasteiger partial charge in [-0.3, -0.25) is 14.6 Å². The van der Waals surface area contributed by atoms with E-state index in [1.807, 2.05) is 24.4 Å². The van der Waals surface area contributed by atoms with E-state index >= 15 is 0 Å². The van der Waals surface area contributed by atoms with Crippen LogP contribution in [-0.4, -0.2) is 36.0 Å². The number of nitrogens with zero attached hydrogens (tertiary/aromatic N) is 3. The molecule has 0 atom stereocenters. The van der Waals surface area contributed by atoms with Crippen molar-refractivity contribution in [1.82, 2.24) is 9.88 Å². The summed E-state index contributed by atoms with van der Waals surface area (Å²) in [4.78, 5) is 20.3. The van der Waals surface area contributed by atoms with E-state index in [2.05, 4.69) is 28.9 Å². The molecular formula is C18H25N3O2S. The Bertz CT molecular complexity index is 655. The average molecular weight is 347 g/mol. The molecule has 0 radical (unpaired) electrons. The zero-order valence-corrected chi connectivity index (χ0v) is 15.6. The van der Waals surface area contributed by atoms with Gasteiger partial charge in [-0.1, -0.05) is 19.1 Å². The van der Waals surface area contributed by atoms with Crippen LogP contribution in [0, 0.1) is 0 Å². The van der Waals surface area contributed by atoms with Gasteiger partial charge in [0.15, 0.2) is 5.13 Å². The normalized spacial score (nSPS) is 10.9. The van der Waals surface area contributed by atoms with Gasteiger partial charge in [-0.25, -0.2) is 4.98 Å². The van der Waals surface area contributed by atoms with Crippen LogP contribution < -0.4 is 9.64 Å². The van der Waals surface area contributed by atoms with Crippen molar-refractivity contribution < 1.29 is 9.53 Å². The molecule has 1 aromatic heterocycles. The van der Waals surface area contributed by atoms with E-state index in [-0.39, 0.29) is 5.91 Å². The summed E-state index contributed by atoms with van der Waals surface area (Å²) in [6.45, 7) is 8.89. The van der Waals surface area contributed by atoms with E-state index in [4.69, 9.17) is 4.74 Å². The van der Waals surface area contributed by atoms with Crippen molar-refractivity contribution >= 4 is 22.4 Å². The van der Waals surface area contributed by atoms with Crippen LogP contribution in [0.25, 0.3) is 0 Å². The summed E-state index contributed by atoms with van der Waals surface area (Å²) in [5.41, 5.74) is 2.25. The second-order valence-electron chi connectivity index (χ2n) is 5.54. The van der Waals surface area contributed by atoms with Crippen LogP contribution in [0.15, 0.2) is 29.6 Å². The van der Waals surface area contributed by atoms with E-state index in [1.54, 1.807) is 18.9 Å². The van der Waals surface area contributed by atoms with Crippen molar-refractivity contribution in [2.75, 3.05) is 25.1 Å². The van der Waals surface area contributed by atoms with E-state index < -0.39 is 0 Å². The van der Waals surface area contributed by atoms with Gasteiger partial charge in [0, 0.05) is 31.9 Å². The number of carbonyl (C=O) groups excluding carboxylic acids is 1. The Morgan fingerprint density at radius 2 is 1.88 bits per heavy atom. The minimum atomic E-state index is 0.0315. The number of benzene rings is 1. The van der Waals surface area contributed by atoms with Gasteiger partial charge in [0.05, 0.1) is 12.8 Å². The maximum Gasteiger partial charge on any atom is 0.225 e. The van der Waals surface area contributed by atoms with Crippen LogP contribution in [0.1, 0.15) is 32.0 Å². The van der Waals surface area contributed by atoms with Crippen molar-refractivity contribution in [1.29, 1.82) is 0 Å². The van der Waals surface area contributed by atoms with E-state index in [0.717, 1.165) is 36.2 Å². The highest BCUT2D eigenvalue weighted by Crippen LogP contribution is 2.22. The molecule has 2 rings (SSSR count). The third-order valence-electron chi connectivity index (χ3n) is 3.86. The predicted molar refractivity (Wildman–Crippen MR) is 98.6 cm³/mol. The highest BCUT2D eigenvalue weighted by Gasteiger charge is 2.14. The molecule has 0 unspecified atom stereocenters. The maximum atomic E-state index is 11.6. The molecule has 0 spiro atoms. The fourth-order valence-electron chi connectivity index (χ4n) is 2.48. The van der Waals surface area contributed by atoms with Crippen LogP contribution >= 0.6 is 11.3 Å². The number of thiazole rings is 1. The van der Waals surface area contributed by atoms with E-state index in [1.165, 1.54) is 16.9 Å². The monoisotopic (exact) mass is 347 g/mol. The molecule has 0 fully saturated rings. The van der Waals surface area contributed by atoms with Crippen LogP contribution in [-0.2, 0) is 17.9 Å². The quantitative estimate of drug-likeness (QED) is 0.733. The fraction of sp³-hybridized carbons (Fsp3) is 0.444. The lowest BCUT2D eigenvalue weighted by Gasteiger charge is -2.19. The number of amides is 1. The molecular weight excluding hydrogens is 322 g/mol. The molecule has 0 N–H and O–H groups in total. The van der Waals surface area contributed by atoms with Gasteiger partial charge >= 0.3 is 0 Å². The van der Waals surface area contributed by atoms with Gasteiger partial charge in [0.1, 0.15) is 5.75 Å². The highest BCUT2D eigenvalue weighted by molar-refractivity contribution is 7.14. The predicted octanol–water partition coefficient (Wildman–Crippen LogP) is 3.55. The number of aromatic nitrogens is 1. The Morgan fingerprint density at radius 1 is 1.17 bits per heavy atom. The summed E-state index contributed by atoms with van der Waals surface area (Å²) in [6.07, 6.45) is 0. The zero-order chi connectivity index (χ0) is 17.5. The van der Waals surface area contributed by atoms with E-state index in [0.29, 0.717) is 6.54 Å². The third kappa shape index (κ3) is 4.79. The first-order chi connectivity index (χ1) is 11.6. The Morgan fingerprint density at radius 3 is 2.42 bits per heavy atom. The van der Waals surface area contributed by atoms with Crippen molar-refractivity contribution in [3.63, 3.8) is 0 Å². The zero-order valence-electron chi connectivity index (χ0n) is 14.8. The van der Waals surface area contributed by atoms with Gasteiger partial charge in [0.2, 0.25) is 5.91 Å². The summed E-state index contributed by atoms with van der Waals surface area (Å²) in [6, 6.07) is 8.14. The number of hydrogen-bond acceptors (Lipinski definition) is 5. The standard InChI is InChI=1S/C18H25N3O2S/c1-5-20(11-15-7-9-17(23-4)10-8-15)12-16-13-24-18(19-16)21(6-2)14(3)22/h7-10,13H,5-6,11-12H2,1-4H3. The minimum absolute atomic E-state index is 0.0315. The topological polar surface area (TPSA) is 45.7 Å². The summed E-state index contributed by atoms with van der Waals surface area (Å²) in [5, 5.41) is 2.82. The van der Waals surface area contributed by atoms with Gasteiger partial charge < -0.3 is 4.74 Å². The largest absolute Gasteiger partial charge is 0.497 e. The molecule has 1 heterocycles. The van der Waals surface area contributed by atoms with Gasteiger partial charge in [-0.2, -0.15) is 0 Å².